The van der Waals surface area contributed by atoms with Gasteiger partial charge in [-0.05, 0) is 29.1 Å². The first kappa shape index (κ1) is 15.6. The second-order valence-corrected chi connectivity index (χ2v) is 6.26. The molecule has 0 bridgehead atoms. The summed E-state index contributed by atoms with van der Waals surface area (Å²) in [5.41, 5.74) is 2.22. The molecule has 0 aromatic heterocycles. The minimum absolute atomic E-state index is 0.377. The molecule has 23 heavy (non-hydrogen) atoms. The predicted octanol–water partition coefficient (Wildman–Crippen LogP) is 4.73. The molecule has 3 heteroatoms. The number of fused-ring (bicyclic) bond motifs is 1. The first-order valence-corrected chi connectivity index (χ1v) is 8.20. The second kappa shape index (κ2) is 7.29. The van der Waals surface area contributed by atoms with Crippen molar-refractivity contribution in [3.05, 3.63) is 82.3 Å². The van der Waals surface area contributed by atoms with Crippen molar-refractivity contribution in [3.63, 3.8) is 0 Å². The summed E-state index contributed by atoms with van der Waals surface area (Å²) in [6.07, 6.45) is 0. The van der Waals surface area contributed by atoms with Gasteiger partial charge in [0.2, 0.25) is 0 Å². The van der Waals surface area contributed by atoms with Crippen LogP contribution in [0.25, 0.3) is 10.8 Å². The van der Waals surface area contributed by atoms with Crippen LogP contribution in [0.15, 0.2) is 59.1 Å². The van der Waals surface area contributed by atoms with Gasteiger partial charge >= 0.3 is 0 Å². The molecule has 112 valence electrons. The Bertz CT molecular complexity index is 851. The van der Waals surface area contributed by atoms with Crippen LogP contribution in [0.4, 0.5) is 0 Å². The van der Waals surface area contributed by atoms with Gasteiger partial charge in [-0.3, -0.25) is 4.90 Å². The summed E-state index contributed by atoms with van der Waals surface area (Å²) in [7, 11) is 0. The van der Waals surface area contributed by atoms with Gasteiger partial charge in [-0.2, -0.15) is 5.26 Å². The Kier molecular flexibility index (Phi) is 4.93. The molecule has 0 saturated carbocycles. The molecule has 0 aliphatic rings. The van der Waals surface area contributed by atoms with Crippen molar-refractivity contribution in [2.45, 2.75) is 13.1 Å². The molecule has 0 aliphatic carbocycles. The first-order chi connectivity index (χ1) is 11.3. The number of nitriles is 1. The quantitative estimate of drug-likeness (QED) is 0.613. The van der Waals surface area contributed by atoms with Gasteiger partial charge < -0.3 is 0 Å². The normalized spacial score (nSPS) is 10.5. The fraction of sp³-hybridized carbons (Fsp3) is 0.150. The standard InChI is InChI=1S/C20H15BrN2/c21-20-8-4-3-7-19(20)15-23(12-11-22)14-16-9-10-17-5-1-2-6-18(17)13-16/h1-8,13H,12,14-15H2. The van der Waals surface area contributed by atoms with Crippen LogP contribution < -0.4 is 0 Å². The Morgan fingerprint density at radius 3 is 2.61 bits per heavy atom. The zero-order chi connectivity index (χ0) is 16.1. The summed E-state index contributed by atoms with van der Waals surface area (Å²) in [5, 5.41) is 11.3. The molecule has 0 aliphatic heterocycles. The smallest absolute Gasteiger partial charge is 0.0871 e. The molecule has 3 aromatic carbocycles. The van der Waals surface area contributed by atoms with E-state index in [1.54, 1.807) is 0 Å². The molecule has 2 nitrogen and oxygen atoms in total. The van der Waals surface area contributed by atoms with Crippen molar-refractivity contribution in [2.75, 3.05) is 6.54 Å². The van der Waals surface area contributed by atoms with Gasteiger partial charge in [-0.25, -0.2) is 0 Å². The molecule has 0 atom stereocenters. The van der Waals surface area contributed by atoms with Gasteiger partial charge in [0, 0.05) is 28.5 Å². The maximum atomic E-state index is 9.11. The van der Waals surface area contributed by atoms with Crippen molar-refractivity contribution in [1.29, 1.82) is 5.26 Å². The Morgan fingerprint density at radius 1 is 1.00 bits per heavy atom. The second-order valence-electron chi connectivity index (χ2n) is 5.40. The Labute approximate surface area is 145 Å². The average molecular weight is 363 g/mol. The number of benzene rings is 2. The number of hydrogen-bond acceptors (Lipinski definition) is 2. The zero-order valence-electron chi connectivity index (χ0n) is 12.6. The van der Waals surface area contributed by atoms with Crippen LogP contribution in [0.5, 0.6) is 0 Å². The predicted molar refractivity (Wildman–Crippen MR) is 95.5 cm³/mol. The lowest BCUT2D eigenvalue weighted by atomic mass is 10.1. The number of rotatable bonds is 5. The van der Waals surface area contributed by atoms with E-state index >= 15 is 0 Å². The van der Waals surface area contributed by atoms with Crippen LogP contribution in [0, 0.1) is 23.5 Å². The van der Waals surface area contributed by atoms with E-state index in [2.05, 4.69) is 57.2 Å². The van der Waals surface area contributed by atoms with Gasteiger partial charge in [-0.1, -0.05) is 64.5 Å². The molecule has 0 spiro atoms. The summed E-state index contributed by atoms with van der Waals surface area (Å²) < 4.78 is 1.07. The van der Waals surface area contributed by atoms with E-state index in [1.807, 2.05) is 36.4 Å². The van der Waals surface area contributed by atoms with Crippen LogP contribution >= 0.6 is 15.9 Å². The van der Waals surface area contributed by atoms with Crippen LogP contribution in [-0.2, 0) is 13.1 Å². The van der Waals surface area contributed by atoms with Crippen molar-refractivity contribution in [2.24, 2.45) is 0 Å². The van der Waals surface area contributed by atoms with Gasteiger partial charge in [0.1, 0.15) is 0 Å². The van der Waals surface area contributed by atoms with E-state index in [4.69, 9.17) is 5.26 Å². The van der Waals surface area contributed by atoms with Gasteiger partial charge in [0.25, 0.3) is 0 Å². The fourth-order valence-electron chi connectivity index (χ4n) is 2.57. The lowest BCUT2D eigenvalue weighted by Gasteiger charge is -2.19. The number of nitrogens with zero attached hydrogens (tertiary/aromatic N) is 2. The van der Waals surface area contributed by atoms with Crippen molar-refractivity contribution < 1.29 is 0 Å². The van der Waals surface area contributed by atoms with E-state index in [9.17, 15) is 0 Å². The molecule has 0 heterocycles. The fourth-order valence-corrected chi connectivity index (χ4v) is 2.98. The highest BCUT2D eigenvalue weighted by atomic mass is 79.9. The van der Waals surface area contributed by atoms with Crippen molar-refractivity contribution in [1.82, 2.24) is 4.90 Å². The molecule has 0 N–H and O–H groups in total. The maximum absolute atomic E-state index is 9.11. The van der Waals surface area contributed by atoms with E-state index in [-0.39, 0.29) is 0 Å². The highest BCUT2D eigenvalue weighted by Gasteiger charge is 2.09. The van der Waals surface area contributed by atoms with Crippen molar-refractivity contribution >= 4 is 26.7 Å². The summed E-state index contributed by atoms with van der Waals surface area (Å²) in [4.78, 5) is 2.11. The summed E-state index contributed by atoms with van der Waals surface area (Å²) in [5.74, 6) is 0. The molecule has 0 amide bonds. The highest BCUT2D eigenvalue weighted by molar-refractivity contribution is 9.10. The summed E-state index contributed by atoms with van der Waals surface area (Å²) >= 11 is 3.57. The van der Waals surface area contributed by atoms with Crippen LogP contribution in [0.2, 0.25) is 0 Å². The molecule has 3 aromatic rings. The topological polar surface area (TPSA) is 27.0 Å². The lowest BCUT2D eigenvalue weighted by molar-refractivity contribution is 0.289. The largest absolute Gasteiger partial charge is 0.281 e. The molecular weight excluding hydrogens is 348 g/mol. The minimum Gasteiger partial charge on any atom is -0.281 e. The van der Waals surface area contributed by atoms with E-state index in [0.29, 0.717) is 13.1 Å². The number of hydrogen-bond donors (Lipinski definition) is 0. The highest BCUT2D eigenvalue weighted by Crippen LogP contribution is 2.19. The maximum Gasteiger partial charge on any atom is 0.0871 e. The zero-order valence-corrected chi connectivity index (χ0v) is 14.2. The summed E-state index contributed by atoms with van der Waals surface area (Å²) in [6.45, 7) is 1.77. The van der Waals surface area contributed by atoms with E-state index in [1.165, 1.54) is 5.56 Å². The third-order valence-electron chi connectivity index (χ3n) is 3.69. The van der Waals surface area contributed by atoms with Gasteiger partial charge in [0.15, 0.2) is 0 Å². The lowest BCUT2D eigenvalue weighted by Crippen LogP contribution is -2.23. The van der Waals surface area contributed by atoms with E-state index < -0.39 is 0 Å². The van der Waals surface area contributed by atoms with Gasteiger partial charge in [-0.15, -0.1) is 0 Å². The molecule has 0 unspecified atom stereocenters. The minimum atomic E-state index is 0.377. The summed E-state index contributed by atoms with van der Waals surface area (Å²) in [6, 6.07) is 27.0. The Hall–Kier alpha value is -2.33. The SMILES string of the molecule is N#CCN(Cc1c#cc2ccccc2c1)Cc1ccccc1Br. The Morgan fingerprint density at radius 2 is 1.78 bits per heavy atom. The first-order valence-electron chi connectivity index (χ1n) is 7.40. The average Bonchev–Trinajstić information content (AvgIpc) is 2.57. The third kappa shape index (κ3) is 3.90. The van der Waals surface area contributed by atoms with Crippen molar-refractivity contribution in [3.8, 4) is 6.07 Å². The van der Waals surface area contributed by atoms with Gasteiger partial charge in [0.05, 0.1) is 12.6 Å². The monoisotopic (exact) mass is 362 g/mol. The molecule has 3 rings (SSSR count). The van der Waals surface area contributed by atoms with Crippen LogP contribution in [0.3, 0.4) is 0 Å². The third-order valence-corrected chi connectivity index (χ3v) is 4.46. The van der Waals surface area contributed by atoms with Crippen LogP contribution in [-0.4, -0.2) is 11.4 Å². The molecule has 0 saturated heterocycles. The van der Waals surface area contributed by atoms with E-state index in [0.717, 1.165) is 27.4 Å². The molecule has 0 radical (unpaired) electrons. The molecular formula is C20H15BrN2. The number of halogens is 1. The molecule has 0 fully saturated rings. The Balaban J connectivity index is 1.81. The van der Waals surface area contributed by atoms with Crippen LogP contribution in [0.1, 0.15) is 11.1 Å².